The minimum absolute atomic E-state index is 0.126. The second kappa shape index (κ2) is 10.6. The van der Waals surface area contributed by atoms with Gasteiger partial charge in [0.05, 0.1) is 18.8 Å². The van der Waals surface area contributed by atoms with Crippen LogP contribution in [0.15, 0.2) is 12.2 Å². The van der Waals surface area contributed by atoms with Gasteiger partial charge >= 0.3 is 0 Å². The molecule has 4 nitrogen and oxygen atoms in total. The van der Waals surface area contributed by atoms with Crippen LogP contribution in [0.5, 0.6) is 0 Å². The zero-order valence-electron chi connectivity index (χ0n) is 22.5. The van der Waals surface area contributed by atoms with E-state index in [9.17, 15) is 15.0 Å². The summed E-state index contributed by atoms with van der Waals surface area (Å²) in [6, 6.07) is 0. The van der Waals surface area contributed by atoms with Crippen LogP contribution in [0.4, 0.5) is 0 Å². The van der Waals surface area contributed by atoms with Crippen LogP contribution >= 0.6 is 0 Å². The van der Waals surface area contributed by atoms with Crippen molar-refractivity contribution in [2.24, 2.45) is 52.3 Å². The molecule has 1 unspecified atom stereocenters. The molecule has 4 fully saturated rings. The first-order chi connectivity index (χ1) is 16.7. The Morgan fingerprint density at radius 3 is 2.66 bits per heavy atom. The average molecular weight is 484 g/mol. The summed E-state index contributed by atoms with van der Waals surface area (Å²) in [5.74, 6) is 5.81. The van der Waals surface area contributed by atoms with Crippen molar-refractivity contribution in [3.05, 3.63) is 12.2 Å². The molecule has 4 rings (SSSR count). The minimum Gasteiger partial charge on any atom is -0.393 e. The van der Waals surface area contributed by atoms with Gasteiger partial charge in [0.2, 0.25) is 5.91 Å². The lowest BCUT2D eigenvalue weighted by Crippen LogP contribution is -2.62. The Morgan fingerprint density at radius 1 is 1.17 bits per heavy atom. The van der Waals surface area contributed by atoms with Crippen molar-refractivity contribution in [1.82, 2.24) is 5.32 Å². The Balaban J connectivity index is 1.45. The molecule has 4 saturated carbocycles. The zero-order chi connectivity index (χ0) is 25.4. The molecule has 0 heterocycles. The van der Waals surface area contributed by atoms with Crippen LogP contribution in [-0.4, -0.2) is 34.9 Å². The molecule has 0 spiro atoms. The molecule has 0 aliphatic heterocycles. The van der Waals surface area contributed by atoms with Crippen molar-refractivity contribution in [2.45, 2.75) is 104 Å². The first kappa shape index (κ1) is 26.7. The molecule has 0 saturated heterocycles. The van der Waals surface area contributed by atoms with E-state index >= 15 is 0 Å². The van der Waals surface area contributed by atoms with Gasteiger partial charge in [0.1, 0.15) is 0 Å². The summed E-state index contributed by atoms with van der Waals surface area (Å²) >= 11 is 0. The number of fused-ring (bicyclic) bond motifs is 5. The van der Waals surface area contributed by atoms with Crippen molar-refractivity contribution in [2.75, 3.05) is 6.54 Å². The van der Waals surface area contributed by atoms with E-state index in [-0.39, 0.29) is 35.5 Å². The molecule has 0 bridgehead atoms. The third kappa shape index (κ3) is 4.73. The first-order valence-corrected chi connectivity index (χ1v) is 14.4. The normalized spacial score (nSPS) is 45.7. The number of hydrogen-bond acceptors (Lipinski definition) is 3. The predicted molar refractivity (Wildman–Crippen MR) is 141 cm³/mol. The van der Waals surface area contributed by atoms with E-state index < -0.39 is 0 Å². The number of amides is 1. The maximum Gasteiger partial charge on any atom is 0.244 e. The first-order valence-electron chi connectivity index (χ1n) is 14.4. The van der Waals surface area contributed by atoms with Crippen molar-refractivity contribution in [1.29, 1.82) is 0 Å². The molecule has 0 aromatic carbocycles. The third-order valence-corrected chi connectivity index (χ3v) is 11.7. The highest BCUT2D eigenvalue weighted by molar-refractivity contribution is 5.87. The molecule has 0 radical (unpaired) electrons. The van der Waals surface area contributed by atoms with Crippen LogP contribution in [0.3, 0.4) is 0 Å². The molecule has 4 aliphatic rings. The fourth-order valence-corrected chi connectivity index (χ4v) is 9.56. The van der Waals surface area contributed by atoms with Gasteiger partial charge < -0.3 is 15.5 Å². The third-order valence-electron chi connectivity index (χ3n) is 11.7. The quantitative estimate of drug-likeness (QED) is 0.338. The summed E-state index contributed by atoms with van der Waals surface area (Å²) in [5.41, 5.74) is 0.144. The van der Waals surface area contributed by atoms with Crippen LogP contribution in [0.25, 0.3) is 0 Å². The van der Waals surface area contributed by atoms with E-state index in [4.69, 9.17) is 6.42 Å². The van der Waals surface area contributed by atoms with Gasteiger partial charge in [-0.3, -0.25) is 4.79 Å². The van der Waals surface area contributed by atoms with Gasteiger partial charge in [-0.1, -0.05) is 46.1 Å². The molecular weight excluding hydrogens is 434 g/mol. The molecule has 4 aliphatic carbocycles. The predicted octanol–water partition coefficient (Wildman–Crippen LogP) is 5.34. The van der Waals surface area contributed by atoms with Crippen LogP contribution in [-0.2, 0) is 4.79 Å². The number of aliphatic hydroxyl groups is 2. The number of aliphatic hydroxyl groups excluding tert-OH is 2. The van der Waals surface area contributed by atoms with E-state index in [1.165, 1.54) is 25.7 Å². The van der Waals surface area contributed by atoms with E-state index in [1.54, 1.807) is 6.08 Å². The van der Waals surface area contributed by atoms with Gasteiger partial charge in [-0.05, 0) is 116 Å². The van der Waals surface area contributed by atoms with Crippen LogP contribution < -0.4 is 5.32 Å². The highest BCUT2D eigenvalue weighted by atomic mass is 16.3. The van der Waals surface area contributed by atoms with Gasteiger partial charge in [-0.2, -0.15) is 0 Å². The van der Waals surface area contributed by atoms with Crippen molar-refractivity contribution >= 4 is 5.91 Å². The van der Waals surface area contributed by atoms with E-state index in [0.717, 1.165) is 44.4 Å². The second-order valence-electron chi connectivity index (χ2n) is 13.0. The van der Waals surface area contributed by atoms with Gasteiger partial charge in [0.25, 0.3) is 0 Å². The Labute approximate surface area is 213 Å². The summed E-state index contributed by atoms with van der Waals surface area (Å²) in [4.78, 5) is 11.8. The van der Waals surface area contributed by atoms with Gasteiger partial charge in [-0.15, -0.1) is 6.42 Å². The highest BCUT2D eigenvalue weighted by Crippen LogP contribution is 2.68. The number of terminal acetylenes is 1. The molecular formula is C31H49NO3. The Hall–Kier alpha value is -1.31. The van der Waals surface area contributed by atoms with Gasteiger partial charge in [-0.25, -0.2) is 0 Å². The number of rotatable bonds is 7. The Kier molecular flexibility index (Phi) is 8.09. The number of nitrogens with one attached hydrogen (secondary N) is 1. The minimum atomic E-state index is -0.291. The number of carbonyl (C=O) groups excluding carboxylic acids is 1. The largest absolute Gasteiger partial charge is 0.393 e. The molecule has 196 valence electrons. The lowest BCUT2D eigenvalue weighted by Gasteiger charge is -2.64. The van der Waals surface area contributed by atoms with Crippen molar-refractivity contribution in [3.8, 4) is 12.3 Å². The van der Waals surface area contributed by atoms with E-state index in [2.05, 4.69) is 38.9 Å². The molecule has 3 N–H and O–H groups in total. The SMILES string of the molecule is C#CCNC(=O)/C=C/CC[C@@H](C)[C@H]1CC[C@H]2C3[C@H](O)C[C@@H]4C[C@H](CC)CC[C@]4(C)[C@H]3C[C@H](O)[C@]12C. The smallest absolute Gasteiger partial charge is 0.244 e. The summed E-state index contributed by atoms with van der Waals surface area (Å²) in [6.07, 6.45) is 19.3. The fourth-order valence-electron chi connectivity index (χ4n) is 9.56. The summed E-state index contributed by atoms with van der Waals surface area (Å²) in [5, 5.41) is 25.9. The lowest BCUT2D eigenvalue weighted by molar-refractivity contribution is -0.204. The summed E-state index contributed by atoms with van der Waals surface area (Å²) < 4.78 is 0. The van der Waals surface area contributed by atoms with E-state index in [0.29, 0.717) is 35.5 Å². The standard InChI is InChI=1S/C31H49NO3/c1-6-16-32-28(35)11-9-8-10-20(3)23-12-13-24-29-25(19-27(34)31(23,24)5)30(4)15-14-21(7-2)17-22(30)18-26(29)33/h1,9,11,20-27,29,33-34H,7-8,10,12-19H2,2-5H3,(H,32,35)/b11-9+/t20-,21-,22+,23-,24+,25+,26-,27+,29?,30+,31-/m1/s1. The molecule has 4 heteroatoms. The molecule has 1 amide bonds. The lowest BCUT2D eigenvalue weighted by atomic mass is 9.42. The fraction of sp³-hybridized carbons (Fsp3) is 0.839. The van der Waals surface area contributed by atoms with Gasteiger partial charge in [0, 0.05) is 0 Å². The maximum atomic E-state index is 11.8. The number of hydrogen-bond donors (Lipinski definition) is 3. The zero-order valence-corrected chi connectivity index (χ0v) is 22.5. The second-order valence-corrected chi connectivity index (χ2v) is 13.0. The van der Waals surface area contributed by atoms with Crippen molar-refractivity contribution in [3.63, 3.8) is 0 Å². The maximum absolute atomic E-state index is 11.8. The Bertz CT molecular complexity index is 832. The summed E-state index contributed by atoms with van der Waals surface area (Å²) in [7, 11) is 0. The topological polar surface area (TPSA) is 69.6 Å². The molecule has 35 heavy (non-hydrogen) atoms. The summed E-state index contributed by atoms with van der Waals surface area (Å²) in [6.45, 7) is 9.74. The van der Waals surface area contributed by atoms with Gasteiger partial charge in [0.15, 0.2) is 0 Å². The molecule has 11 atom stereocenters. The van der Waals surface area contributed by atoms with Crippen molar-refractivity contribution < 1.29 is 15.0 Å². The molecule has 0 aromatic rings. The average Bonchev–Trinajstić information content (AvgIpc) is 3.19. The number of carbonyl (C=O) groups is 1. The molecule has 0 aromatic heterocycles. The van der Waals surface area contributed by atoms with Crippen LogP contribution in [0.1, 0.15) is 91.9 Å². The van der Waals surface area contributed by atoms with Crippen LogP contribution in [0, 0.1) is 64.6 Å². The van der Waals surface area contributed by atoms with E-state index in [1.807, 2.05) is 6.08 Å². The van der Waals surface area contributed by atoms with Crippen LogP contribution in [0.2, 0.25) is 0 Å². The Morgan fingerprint density at radius 2 is 1.94 bits per heavy atom. The number of allylic oxidation sites excluding steroid dienone is 1. The monoisotopic (exact) mass is 483 g/mol. The highest BCUT2D eigenvalue weighted by Gasteiger charge is 2.65.